The summed E-state index contributed by atoms with van der Waals surface area (Å²) in [6, 6.07) is 7.62. The summed E-state index contributed by atoms with van der Waals surface area (Å²) >= 11 is 1.30. The molecule has 0 bridgehead atoms. The Labute approximate surface area is 144 Å². The van der Waals surface area contributed by atoms with Crippen molar-refractivity contribution >= 4 is 28.3 Å². The molecule has 0 saturated heterocycles. The Bertz CT molecular complexity index is 682. The van der Waals surface area contributed by atoms with Crippen molar-refractivity contribution in [1.29, 1.82) is 0 Å². The number of thiazole rings is 1. The van der Waals surface area contributed by atoms with E-state index in [1.807, 2.05) is 24.3 Å². The molecule has 0 atom stereocenters. The van der Waals surface area contributed by atoms with E-state index in [1.54, 1.807) is 19.4 Å². The zero-order chi connectivity index (χ0) is 17.4. The van der Waals surface area contributed by atoms with Crippen LogP contribution in [-0.2, 0) is 27.2 Å². The monoisotopic (exact) mass is 348 g/mol. The van der Waals surface area contributed by atoms with Crippen LogP contribution in [0, 0.1) is 0 Å². The summed E-state index contributed by atoms with van der Waals surface area (Å²) in [5, 5.41) is 4.99. The number of hydrogen-bond acceptors (Lipinski definition) is 6. The number of methoxy groups -OCH3 is 1. The lowest BCUT2D eigenvalue weighted by Gasteiger charge is -2.04. The lowest BCUT2D eigenvalue weighted by atomic mass is 10.1. The van der Waals surface area contributed by atoms with Gasteiger partial charge in [-0.1, -0.05) is 12.1 Å². The van der Waals surface area contributed by atoms with Crippen molar-refractivity contribution in [3.8, 4) is 5.75 Å². The third kappa shape index (κ3) is 5.66. The molecule has 128 valence electrons. The average Bonchev–Trinajstić information content (AvgIpc) is 3.00. The molecule has 0 aliphatic heterocycles. The van der Waals surface area contributed by atoms with E-state index >= 15 is 0 Å². The Kier molecular flexibility index (Phi) is 6.74. The van der Waals surface area contributed by atoms with Crippen molar-refractivity contribution in [2.75, 3.05) is 19.0 Å². The zero-order valence-electron chi connectivity index (χ0n) is 13.7. The summed E-state index contributed by atoms with van der Waals surface area (Å²) in [5.41, 5.74) is 1.66. The van der Waals surface area contributed by atoms with Crippen LogP contribution in [0.25, 0.3) is 0 Å². The SMILES string of the molecule is CCOC(=O)Cc1csc(NC(=O)CCc2ccc(OC)cc2)n1. The van der Waals surface area contributed by atoms with E-state index in [1.165, 1.54) is 11.3 Å². The minimum Gasteiger partial charge on any atom is -0.497 e. The second-order valence-electron chi connectivity index (χ2n) is 5.02. The fourth-order valence-electron chi connectivity index (χ4n) is 2.04. The van der Waals surface area contributed by atoms with E-state index in [-0.39, 0.29) is 18.3 Å². The molecular formula is C17H20N2O4S. The fourth-order valence-corrected chi connectivity index (χ4v) is 2.76. The minimum absolute atomic E-state index is 0.108. The van der Waals surface area contributed by atoms with E-state index in [2.05, 4.69) is 10.3 Å². The van der Waals surface area contributed by atoms with Crippen LogP contribution in [0.3, 0.4) is 0 Å². The topological polar surface area (TPSA) is 77.5 Å². The molecule has 2 aromatic rings. The number of anilines is 1. The molecule has 1 amide bonds. The fraction of sp³-hybridized carbons (Fsp3) is 0.353. The van der Waals surface area contributed by atoms with Crippen molar-refractivity contribution in [1.82, 2.24) is 4.98 Å². The summed E-state index contributed by atoms with van der Waals surface area (Å²) < 4.78 is 9.97. The maximum absolute atomic E-state index is 12.0. The van der Waals surface area contributed by atoms with Gasteiger partial charge in [0.2, 0.25) is 5.91 Å². The minimum atomic E-state index is -0.319. The molecule has 24 heavy (non-hydrogen) atoms. The molecule has 6 nitrogen and oxygen atoms in total. The molecular weight excluding hydrogens is 328 g/mol. The predicted octanol–water partition coefficient (Wildman–Crippen LogP) is 2.83. The molecule has 0 radical (unpaired) electrons. The first-order valence-electron chi connectivity index (χ1n) is 7.63. The molecule has 0 aliphatic rings. The standard InChI is InChI=1S/C17H20N2O4S/c1-3-23-16(21)10-13-11-24-17(18-13)19-15(20)9-6-12-4-7-14(22-2)8-5-12/h4-5,7-8,11H,3,6,9-10H2,1-2H3,(H,18,19,20). The quantitative estimate of drug-likeness (QED) is 0.742. The van der Waals surface area contributed by atoms with Crippen molar-refractivity contribution in [2.45, 2.75) is 26.2 Å². The van der Waals surface area contributed by atoms with E-state index < -0.39 is 0 Å². The Balaban J connectivity index is 1.79. The highest BCUT2D eigenvalue weighted by Crippen LogP contribution is 2.17. The predicted molar refractivity (Wildman–Crippen MR) is 92.4 cm³/mol. The number of hydrogen-bond donors (Lipinski definition) is 1. The van der Waals surface area contributed by atoms with Gasteiger partial charge in [0.15, 0.2) is 5.13 Å². The van der Waals surface area contributed by atoms with Crippen LogP contribution in [0.2, 0.25) is 0 Å². The molecule has 0 unspecified atom stereocenters. The number of carbonyl (C=O) groups is 2. The Morgan fingerprint density at radius 3 is 2.67 bits per heavy atom. The first kappa shape index (κ1) is 17.9. The number of aromatic nitrogens is 1. The van der Waals surface area contributed by atoms with E-state index in [4.69, 9.17) is 9.47 Å². The number of ether oxygens (including phenoxy) is 2. The molecule has 0 aliphatic carbocycles. The van der Waals surface area contributed by atoms with Gasteiger partial charge in [0.25, 0.3) is 0 Å². The van der Waals surface area contributed by atoms with E-state index in [0.29, 0.717) is 30.3 Å². The molecule has 2 rings (SSSR count). The number of rotatable bonds is 8. The number of nitrogens with one attached hydrogen (secondary N) is 1. The lowest BCUT2D eigenvalue weighted by molar-refractivity contribution is -0.142. The molecule has 1 heterocycles. The Morgan fingerprint density at radius 2 is 2.00 bits per heavy atom. The van der Waals surface area contributed by atoms with Gasteiger partial charge in [0, 0.05) is 11.8 Å². The highest BCUT2D eigenvalue weighted by Gasteiger charge is 2.10. The maximum Gasteiger partial charge on any atom is 0.311 e. The van der Waals surface area contributed by atoms with Crippen LogP contribution in [0.5, 0.6) is 5.75 Å². The molecule has 7 heteroatoms. The van der Waals surface area contributed by atoms with Gasteiger partial charge < -0.3 is 14.8 Å². The van der Waals surface area contributed by atoms with Gasteiger partial charge in [0.1, 0.15) is 5.75 Å². The summed E-state index contributed by atoms with van der Waals surface area (Å²) in [6.07, 6.45) is 1.11. The largest absolute Gasteiger partial charge is 0.497 e. The van der Waals surface area contributed by atoms with Gasteiger partial charge >= 0.3 is 5.97 Å². The van der Waals surface area contributed by atoms with Crippen LogP contribution in [0.1, 0.15) is 24.6 Å². The van der Waals surface area contributed by atoms with Crippen molar-refractivity contribution in [3.63, 3.8) is 0 Å². The summed E-state index contributed by atoms with van der Waals surface area (Å²) in [7, 11) is 1.62. The number of carbonyl (C=O) groups excluding carboxylic acids is 2. The van der Waals surface area contributed by atoms with Crippen molar-refractivity contribution in [3.05, 3.63) is 40.9 Å². The first-order chi connectivity index (χ1) is 11.6. The maximum atomic E-state index is 12.0. The second kappa shape index (κ2) is 9.02. The number of nitrogens with zero attached hydrogens (tertiary/aromatic N) is 1. The molecule has 1 aromatic carbocycles. The normalized spacial score (nSPS) is 10.2. The summed E-state index contributed by atoms with van der Waals surface area (Å²) in [4.78, 5) is 27.6. The van der Waals surface area contributed by atoms with Crippen molar-refractivity contribution in [2.24, 2.45) is 0 Å². The van der Waals surface area contributed by atoms with Crippen LogP contribution >= 0.6 is 11.3 Å². The number of aryl methyl sites for hydroxylation is 1. The van der Waals surface area contributed by atoms with Crippen LogP contribution in [0.15, 0.2) is 29.6 Å². The lowest BCUT2D eigenvalue weighted by Crippen LogP contribution is -2.12. The van der Waals surface area contributed by atoms with Gasteiger partial charge in [-0.3, -0.25) is 9.59 Å². The molecule has 1 N–H and O–H groups in total. The third-order valence-corrected chi connectivity index (χ3v) is 4.04. The van der Waals surface area contributed by atoms with Gasteiger partial charge in [-0.25, -0.2) is 4.98 Å². The molecule has 0 spiro atoms. The third-order valence-electron chi connectivity index (χ3n) is 3.23. The van der Waals surface area contributed by atoms with Gasteiger partial charge in [-0.2, -0.15) is 0 Å². The van der Waals surface area contributed by atoms with E-state index in [9.17, 15) is 9.59 Å². The Hall–Kier alpha value is -2.41. The number of benzene rings is 1. The summed E-state index contributed by atoms with van der Waals surface area (Å²) in [5.74, 6) is 0.364. The van der Waals surface area contributed by atoms with Crippen LogP contribution in [0.4, 0.5) is 5.13 Å². The summed E-state index contributed by atoms with van der Waals surface area (Å²) in [6.45, 7) is 2.10. The van der Waals surface area contributed by atoms with Crippen LogP contribution in [-0.4, -0.2) is 30.6 Å². The average molecular weight is 348 g/mol. The molecule has 0 fully saturated rings. The van der Waals surface area contributed by atoms with Gasteiger partial charge in [-0.05, 0) is 31.0 Å². The highest BCUT2D eigenvalue weighted by atomic mass is 32.1. The highest BCUT2D eigenvalue weighted by molar-refractivity contribution is 7.13. The first-order valence-corrected chi connectivity index (χ1v) is 8.51. The molecule has 0 saturated carbocycles. The Morgan fingerprint density at radius 1 is 1.25 bits per heavy atom. The molecule has 1 aromatic heterocycles. The number of amides is 1. The number of esters is 1. The van der Waals surface area contributed by atoms with E-state index in [0.717, 1.165) is 11.3 Å². The van der Waals surface area contributed by atoms with Gasteiger partial charge in [0.05, 0.1) is 25.8 Å². The van der Waals surface area contributed by atoms with Gasteiger partial charge in [-0.15, -0.1) is 11.3 Å². The second-order valence-corrected chi connectivity index (χ2v) is 5.88. The smallest absolute Gasteiger partial charge is 0.311 e. The zero-order valence-corrected chi connectivity index (χ0v) is 14.5. The van der Waals surface area contributed by atoms with Crippen molar-refractivity contribution < 1.29 is 19.1 Å². The van der Waals surface area contributed by atoms with Crippen LogP contribution < -0.4 is 10.1 Å².